The van der Waals surface area contributed by atoms with Crippen LogP contribution in [-0.4, -0.2) is 38.4 Å². The van der Waals surface area contributed by atoms with E-state index in [2.05, 4.69) is 17.0 Å². The van der Waals surface area contributed by atoms with Gasteiger partial charge in [-0.15, -0.1) is 11.3 Å². The van der Waals surface area contributed by atoms with Crippen molar-refractivity contribution in [2.45, 2.75) is 43.9 Å². The number of carbonyl (C=O) groups is 1. The van der Waals surface area contributed by atoms with Gasteiger partial charge in [0.05, 0.1) is 0 Å². The predicted octanol–water partition coefficient (Wildman–Crippen LogP) is 2.70. The lowest BCUT2D eigenvalue weighted by Gasteiger charge is -2.21. The van der Waals surface area contributed by atoms with Crippen molar-refractivity contribution in [1.82, 2.24) is 10.0 Å². The Bertz CT molecular complexity index is 557. The van der Waals surface area contributed by atoms with Gasteiger partial charge in [0, 0.05) is 6.54 Å². The van der Waals surface area contributed by atoms with Gasteiger partial charge in [-0.1, -0.05) is 26.8 Å². The molecule has 0 fully saturated rings. The van der Waals surface area contributed by atoms with Crippen molar-refractivity contribution in [2.24, 2.45) is 5.92 Å². The molecule has 0 unspecified atom stereocenters. The summed E-state index contributed by atoms with van der Waals surface area (Å²) in [7, 11) is -3.65. The zero-order valence-corrected chi connectivity index (χ0v) is 16.3. The first-order valence-electron chi connectivity index (χ1n) is 7.79. The molecule has 0 saturated heterocycles. The molecule has 0 bridgehead atoms. The topological polar surface area (TPSA) is 75.3 Å². The Balaban J connectivity index is 2.52. The van der Waals surface area contributed by atoms with Crippen LogP contribution in [0.4, 0.5) is 0 Å². The van der Waals surface area contributed by atoms with E-state index in [1.165, 1.54) is 6.07 Å². The molecule has 2 N–H and O–H groups in total. The highest BCUT2D eigenvalue weighted by Gasteiger charge is 2.28. The molecule has 8 heteroatoms. The maximum Gasteiger partial charge on any atom is 0.250 e. The van der Waals surface area contributed by atoms with Gasteiger partial charge in [-0.05, 0) is 41.7 Å². The Morgan fingerprint density at radius 1 is 1.35 bits per heavy atom. The van der Waals surface area contributed by atoms with Gasteiger partial charge >= 0.3 is 0 Å². The zero-order chi connectivity index (χ0) is 17.3. The second-order valence-electron chi connectivity index (χ2n) is 5.53. The van der Waals surface area contributed by atoms with Gasteiger partial charge in [-0.3, -0.25) is 4.79 Å². The lowest BCUT2D eigenvalue weighted by atomic mass is 10.1. The molecule has 0 spiro atoms. The highest BCUT2D eigenvalue weighted by Crippen LogP contribution is 2.17. The van der Waals surface area contributed by atoms with E-state index in [1.54, 1.807) is 11.4 Å². The average molecular weight is 379 g/mol. The van der Waals surface area contributed by atoms with Crippen LogP contribution in [0.3, 0.4) is 0 Å². The maximum absolute atomic E-state index is 12.3. The largest absolute Gasteiger partial charge is 0.355 e. The molecular formula is C15H26N2O3S3. The number of rotatable bonds is 11. The molecule has 0 aliphatic heterocycles. The van der Waals surface area contributed by atoms with E-state index in [1.807, 2.05) is 25.6 Å². The summed E-state index contributed by atoms with van der Waals surface area (Å²) in [6.07, 6.45) is 2.04. The minimum absolute atomic E-state index is 0.126. The van der Waals surface area contributed by atoms with Crippen LogP contribution in [0.2, 0.25) is 0 Å². The van der Waals surface area contributed by atoms with Crippen molar-refractivity contribution < 1.29 is 13.2 Å². The Labute approximate surface area is 147 Å². The van der Waals surface area contributed by atoms with Crippen molar-refractivity contribution in [2.75, 3.05) is 18.1 Å². The summed E-state index contributed by atoms with van der Waals surface area (Å²) in [4.78, 5) is 12.3. The fourth-order valence-electron chi connectivity index (χ4n) is 1.88. The summed E-state index contributed by atoms with van der Waals surface area (Å²) < 4.78 is 27.3. The van der Waals surface area contributed by atoms with Gasteiger partial charge < -0.3 is 5.32 Å². The van der Waals surface area contributed by atoms with Crippen LogP contribution in [0.15, 0.2) is 21.7 Å². The SMILES string of the molecule is CCCSCCCNC(=O)[C@H](NS(=O)(=O)c1cccs1)C(C)C. The summed E-state index contributed by atoms with van der Waals surface area (Å²) in [6, 6.07) is 2.45. The van der Waals surface area contributed by atoms with E-state index in [9.17, 15) is 13.2 Å². The molecule has 5 nitrogen and oxygen atoms in total. The summed E-state index contributed by atoms with van der Waals surface area (Å²) in [5, 5.41) is 4.53. The van der Waals surface area contributed by atoms with Gasteiger partial charge in [-0.25, -0.2) is 8.42 Å². The van der Waals surface area contributed by atoms with Gasteiger partial charge in [0.25, 0.3) is 10.0 Å². The van der Waals surface area contributed by atoms with E-state index in [-0.39, 0.29) is 16.0 Å². The van der Waals surface area contributed by atoms with Gasteiger partial charge in [0.15, 0.2) is 0 Å². The molecule has 0 saturated carbocycles. The van der Waals surface area contributed by atoms with Crippen LogP contribution in [0.1, 0.15) is 33.6 Å². The van der Waals surface area contributed by atoms with Crippen LogP contribution in [-0.2, 0) is 14.8 Å². The van der Waals surface area contributed by atoms with Crippen molar-refractivity contribution in [3.63, 3.8) is 0 Å². The monoisotopic (exact) mass is 378 g/mol. The summed E-state index contributed by atoms with van der Waals surface area (Å²) >= 11 is 3.01. The molecule has 0 aliphatic carbocycles. The Kier molecular flexibility index (Phi) is 9.19. The molecule has 1 atom stereocenters. The van der Waals surface area contributed by atoms with E-state index in [0.717, 1.165) is 35.7 Å². The molecular weight excluding hydrogens is 352 g/mol. The Morgan fingerprint density at radius 2 is 2.09 bits per heavy atom. The molecule has 132 valence electrons. The first kappa shape index (κ1) is 20.5. The summed E-state index contributed by atoms with van der Waals surface area (Å²) in [6.45, 7) is 6.37. The average Bonchev–Trinajstić information content (AvgIpc) is 3.03. The number of hydrogen-bond acceptors (Lipinski definition) is 5. The molecule has 1 aromatic heterocycles. The van der Waals surface area contributed by atoms with Crippen molar-refractivity contribution >= 4 is 39.0 Å². The van der Waals surface area contributed by atoms with Gasteiger partial charge in [0.2, 0.25) is 5.91 Å². The zero-order valence-electron chi connectivity index (χ0n) is 13.9. The minimum Gasteiger partial charge on any atom is -0.355 e. The Hall–Kier alpha value is -0.570. The Morgan fingerprint density at radius 3 is 2.65 bits per heavy atom. The third-order valence-corrected chi connectivity index (χ3v) is 7.22. The summed E-state index contributed by atoms with van der Waals surface area (Å²) in [5.74, 6) is 1.74. The van der Waals surface area contributed by atoms with E-state index < -0.39 is 16.1 Å². The lowest BCUT2D eigenvalue weighted by molar-refractivity contribution is -0.123. The number of nitrogens with one attached hydrogen (secondary N) is 2. The first-order chi connectivity index (χ1) is 10.9. The molecule has 23 heavy (non-hydrogen) atoms. The van der Waals surface area contributed by atoms with E-state index in [0.29, 0.717) is 6.54 Å². The number of sulfonamides is 1. The highest BCUT2D eigenvalue weighted by molar-refractivity contribution is 7.99. The van der Waals surface area contributed by atoms with Crippen LogP contribution in [0.25, 0.3) is 0 Å². The molecule has 1 amide bonds. The van der Waals surface area contributed by atoms with Crippen LogP contribution < -0.4 is 10.0 Å². The molecule has 1 rings (SSSR count). The molecule has 1 heterocycles. The van der Waals surface area contributed by atoms with Crippen LogP contribution in [0.5, 0.6) is 0 Å². The number of hydrogen-bond donors (Lipinski definition) is 2. The maximum atomic E-state index is 12.3. The second-order valence-corrected chi connectivity index (χ2v) is 9.65. The summed E-state index contributed by atoms with van der Waals surface area (Å²) in [5.41, 5.74) is 0. The van der Waals surface area contributed by atoms with Crippen molar-refractivity contribution in [3.8, 4) is 0 Å². The van der Waals surface area contributed by atoms with Gasteiger partial charge in [-0.2, -0.15) is 16.5 Å². The lowest BCUT2D eigenvalue weighted by Crippen LogP contribution is -2.49. The molecule has 0 radical (unpaired) electrons. The second kappa shape index (κ2) is 10.3. The predicted molar refractivity (Wildman–Crippen MR) is 98.5 cm³/mol. The van der Waals surface area contributed by atoms with Crippen LogP contribution >= 0.6 is 23.1 Å². The third-order valence-electron chi connectivity index (χ3n) is 3.10. The van der Waals surface area contributed by atoms with Crippen molar-refractivity contribution in [1.29, 1.82) is 0 Å². The number of thioether (sulfide) groups is 1. The van der Waals surface area contributed by atoms with Crippen molar-refractivity contribution in [3.05, 3.63) is 17.5 Å². The number of thiophene rings is 1. The molecule has 1 aromatic rings. The molecule has 0 aliphatic rings. The fourth-order valence-corrected chi connectivity index (χ4v) is 5.07. The smallest absolute Gasteiger partial charge is 0.250 e. The fraction of sp³-hybridized carbons (Fsp3) is 0.667. The number of amides is 1. The number of carbonyl (C=O) groups excluding carboxylic acids is 1. The third kappa shape index (κ3) is 7.24. The highest BCUT2D eigenvalue weighted by atomic mass is 32.2. The molecule has 0 aromatic carbocycles. The van der Waals surface area contributed by atoms with E-state index in [4.69, 9.17) is 0 Å². The van der Waals surface area contributed by atoms with Crippen LogP contribution in [0, 0.1) is 5.92 Å². The minimum atomic E-state index is -3.65. The van der Waals surface area contributed by atoms with Gasteiger partial charge in [0.1, 0.15) is 10.3 Å². The van der Waals surface area contributed by atoms with E-state index >= 15 is 0 Å². The quantitative estimate of drug-likeness (QED) is 0.581. The normalized spacial score (nSPS) is 13.2. The standard InChI is InChI=1S/C15H26N2O3S3/c1-4-9-21-10-6-8-16-15(18)14(12(2)3)17-23(19,20)13-7-5-11-22-13/h5,7,11-12,14,17H,4,6,8-10H2,1-3H3,(H,16,18)/t14-/m1/s1. The first-order valence-corrected chi connectivity index (χ1v) is 11.3.